The van der Waals surface area contributed by atoms with Crippen molar-refractivity contribution in [3.8, 4) is 0 Å². The SMILES string of the molecule is COC(=O)c1c(NC(=O)CC2Nc3cccc4cccc(c34)NC2=O)sc2c1CCCC2. The molecule has 5 rings (SSSR count). The molecule has 0 saturated carbocycles. The average molecular weight is 450 g/mol. The molecule has 2 amide bonds. The highest BCUT2D eigenvalue weighted by molar-refractivity contribution is 7.17. The second-order valence-corrected chi connectivity index (χ2v) is 9.16. The lowest BCUT2D eigenvalue weighted by atomic mass is 9.95. The zero-order valence-corrected chi connectivity index (χ0v) is 18.4. The summed E-state index contributed by atoms with van der Waals surface area (Å²) in [7, 11) is 1.35. The molecule has 0 saturated heterocycles. The van der Waals surface area contributed by atoms with Crippen molar-refractivity contribution in [3.63, 3.8) is 0 Å². The van der Waals surface area contributed by atoms with Crippen molar-refractivity contribution in [3.05, 3.63) is 52.4 Å². The molecule has 2 heterocycles. The van der Waals surface area contributed by atoms with Gasteiger partial charge in [0.05, 0.1) is 24.8 Å². The summed E-state index contributed by atoms with van der Waals surface area (Å²) in [5.41, 5.74) is 2.96. The molecule has 2 aliphatic rings. The van der Waals surface area contributed by atoms with Gasteiger partial charge in [-0.3, -0.25) is 9.59 Å². The van der Waals surface area contributed by atoms with Crippen LogP contribution in [0.15, 0.2) is 36.4 Å². The van der Waals surface area contributed by atoms with Crippen LogP contribution in [0.4, 0.5) is 16.4 Å². The minimum absolute atomic E-state index is 0.0701. The molecule has 8 heteroatoms. The number of ether oxygens (including phenoxy) is 1. The third kappa shape index (κ3) is 3.60. The lowest BCUT2D eigenvalue weighted by Gasteiger charge is -2.16. The maximum absolute atomic E-state index is 13.0. The van der Waals surface area contributed by atoms with Gasteiger partial charge in [-0.2, -0.15) is 0 Å². The van der Waals surface area contributed by atoms with Crippen LogP contribution in [-0.2, 0) is 27.2 Å². The Morgan fingerprint density at radius 2 is 1.88 bits per heavy atom. The molecule has 1 aliphatic heterocycles. The summed E-state index contributed by atoms with van der Waals surface area (Å²) >= 11 is 1.43. The molecule has 3 N–H and O–H groups in total. The molecule has 7 nitrogen and oxygen atoms in total. The number of aryl methyl sites for hydroxylation is 1. The van der Waals surface area contributed by atoms with Crippen molar-refractivity contribution in [2.75, 3.05) is 23.1 Å². The van der Waals surface area contributed by atoms with Gasteiger partial charge in [0.25, 0.3) is 0 Å². The van der Waals surface area contributed by atoms with Crippen LogP contribution in [0.2, 0.25) is 0 Å². The van der Waals surface area contributed by atoms with E-state index in [0.29, 0.717) is 10.6 Å². The van der Waals surface area contributed by atoms with E-state index in [-0.39, 0.29) is 18.2 Å². The van der Waals surface area contributed by atoms with E-state index in [9.17, 15) is 14.4 Å². The number of nitrogens with one attached hydrogen (secondary N) is 3. The Kier molecular flexibility index (Phi) is 5.30. The van der Waals surface area contributed by atoms with Gasteiger partial charge < -0.3 is 20.7 Å². The molecule has 0 bridgehead atoms. The highest BCUT2D eigenvalue weighted by atomic mass is 32.1. The normalized spacial score (nSPS) is 17.0. The largest absolute Gasteiger partial charge is 0.465 e. The predicted octanol–water partition coefficient (Wildman–Crippen LogP) is 4.33. The summed E-state index contributed by atoms with van der Waals surface area (Å²) in [6.45, 7) is 0. The number of hydrogen-bond donors (Lipinski definition) is 3. The smallest absolute Gasteiger partial charge is 0.341 e. The summed E-state index contributed by atoms with van der Waals surface area (Å²) in [6, 6.07) is 10.8. The minimum Gasteiger partial charge on any atom is -0.465 e. The van der Waals surface area contributed by atoms with E-state index in [4.69, 9.17) is 4.74 Å². The fourth-order valence-electron chi connectivity index (χ4n) is 4.52. The Morgan fingerprint density at radius 1 is 1.12 bits per heavy atom. The molecule has 1 unspecified atom stereocenters. The molecule has 32 heavy (non-hydrogen) atoms. The highest BCUT2D eigenvalue weighted by Crippen LogP contribution is 2.39. The van der Waals surface area contributed by atoms with Gasteiger partial charge in [-0.1, -0.05) is 24.3 Å². The molecule has 0 radical (unpaired) electrons. The average Bonchev–Trinajstić information content (AvgIpc) is 3.09. The van der Waals surface area contributed by atoms with Crippen LogP contribution in [0.3, 0.4) is 0 Å². The Bertz CT molecular complexity index is 1240. The topological polar surface area (TPSA) is 96.5 Å². The lowest BCUT2D eigenvalue weighted by molar-refractivity contribution is -0.121. The lowest BCUT2D eigenvalue weighted by Crippen LogP contribution is -2.36. The van der Waals surface area contributed by atoms with E-state index in [1.165, 1.54) is 18.4 Å². The number of hydrogen-bond acceptors (Lipinski definition) is 6. The van der Waals surface area contributed by atoms with Crippen LogP contribution in [0, 0.1) is 0 Å². The summed E-state index contributed by atoms with van der Waals surface area (Å²) in [5, 5.41) is 11.5. The van der Waals surface area contributed by atoms with Crippen LogP contribution < -0.4 is 16.0 Å². The number of rotatable bonds is 4. The number of thiophene rings is 1. The van der Waals surface area contributed by atoms with Gasteiger partial charge in [0, 0.05) is 16.0 Å². The summed E-state index contributed by atoms with van der Waals surface area (Å²) in [6.07, 6.45) is 3.72. The Balaban J connectivity index is 1.39. The third-order valence-electron chi connectivity index (χ3n) is 6.01. The van der Waals surface area contributed by atoms with E-state index < -0.39 is 12.0 Å². The Labute approximate surface area is 189 Å². The number of amides is 2. The summed E-state index contributed by atoms with van der Waals surface area (Å²) < 4.78 is 4.97. The monoisotopic (exact) mass is 449 g/mol. The van der Waals surface area contributed by atoms with Crippen LogP contribution in [0.5, 0.6) is 0 Å². The molecular weight excluding hydrogens is 426 g/mol. The van der Waals surface area contributed by atoms with Crippen LogP contribution in [-0.4, -0.2) is 30.9 Å². The molecule has 164 valence electrons. The molecule has 1 aromatic heterocycles. The van der Waals surface area contributed by atoms with Crippen molar-refractivity contribution < 1.29 is 19.1 Å². The molecule has 0 fully saturated rings. The maximum atomic E-state index is 13.0. The van der Waals surface area contributed by atoms with E-state index in [1.54, 1.807) is 0 Å². The first-order valence-corrected chi connectivity index (χ1v) is 11.5. The predicted molar refractivity (Wildman–Crippen MR) is 126 cm³/mol. The molecule has 0 spiro atoms. The second-order valence-electron chi connectivity index (χ2n) is 8.05. The third-order valence-corrected chi connectivity index (χ3v) is 7.22. The molecule has 1 aliphatic carbocycles. The summed E-state index contributed by atoms with van der Waals surface area (Å²) in [4.78, 5) is 39.4. The van der Waals surface area contributed by atoms with Crippen LogP contribution >= 0.6 is 11.3 Å². The van der Waals surface area contributed by atoms with Gasteiger partial charge in [0.1, 0.15) is 11.0 Å². The number of methoxy groups -OCH3 is 1. The van der Waals surface area contributed by atoms with Crippen molar-refractivity contribution in [2.45, 2.75) is 38.1 Å². The van der Waals surface area contributed by atoms with Gasteiger partial charge in [0.2, 0.25) is 11.8 Å². The van der Waals surface area contributed by atoms with E-state index in [2.05, 4.69) is 16.0 Å². The van der Waals surface area contributed by atoms with Crippen LogP contribution in [0.25, 0.3) is 10.8 Å². The maximum Gasteiger partial charge on any atom is 0.341 e. The fourth-order valence-corrected chi connectivity index (χ4v) is 5.81. The Hall–Kier alpha value is -3.39. The van der Waals surface area contributed by atoms with Gasteiger partial charge in [0.15, 0.2) is 0 Å². The highest BCUT2D eigenvalue weighted by Gasteiger charge is 2.30. The fraction of sp³-hybridized carbons (Fsp3) is 0.292. The van der Waals surface area contributed by atoms with E-state index in [0.717, 1.165) is 58.3 Å². The van der Waals surface area contributed by atoms with E-state index in [1.807, 2.05) is 36.4 Å². The number of anilines is 3. The number of carbonyl (C=O) groups is 3. The van der Waals surface area contributed by atoms with Crippen molar-refractivity contribution in [2.24, 2.45) is 0 Å². The van der Waals surface area contributed by atoms with Gasteiger partial charge in [-0.05, 0) is 48.8 Å². The molecule has 2 aromatic carbocycles. The van der Waals surface area contributed by atoms with E-state index >= 15 is 0 Å². The number of benzene rings is 2. The minimum atomic E-state index is -0.746. The standard InChI is InChI=1S/C24H23N3O4S/c1-31-24(30)21-14-8-2-3-11-18(14)32-23(21)27-19(28)12-17-22(29)26-16-10-5-7-13-6-4-9-15(25-17)20(13)16/h4-7,9-10,17,25H,2-3,8,11-12H2,1H3,(H,26,29)(H,27,28). The Morgan fingerprint density at radius 3 is 2.66 bits per heavy atom. The zero-order chi connectivity index (χ0) is 22.2. The van der Waals surface area contributed by atoms with Gasteiger partial charge >= 0.3 is 5.97 Å². The van der Waals surface area contributed by atoms with Gasteiger partial charge in [-0.15, -0.1) is 11.3 Å². The van der Waals surface area contributed by atoms with Gasteiger partial charge in [-0.25, -0.2) is 4.79 Å². The molecule has 3 aromatic rings. The summed E-state index contributed by atoms with van der Waals surface area (Å²) in [5.74, 6) is -1.05. The number of esters is 1. The zero-order valence-electron chi connectivity index (χ0n) is 17.6. The van der Waals surface area contributed by atoms with Crippen molar-refractivity contribution in [1.82, 2.24) is 0 Å². The first kappa shape index (κ1) is 20.5. The van der Waals surface area contributed by atoms with Crippen molar-refractivity contribution in [1.29, 1.82) is 0 Å². The first-order chi connectivity index (χ1) is 15.5. The quantitative estimate of drug-likeness (QED) is 0.515. The molecular formula is C24H23N3O4S. The first-order valence-electron chi connectivity index (χ1n) is 10.7. The number of carbonyl (C=O) groups excluding carboxylic acids is 3. The van der Waals surface area contributed by atoms with Crippen LogP contribution in [0.1, 0.15) is 40.1 Å². The number of fused-ring (bicyclic) bond motifs is 1. The second kappa shape index (κ2) is 8.27. The van der Waals surface area contributed by atoms with Crippen molar-refractivity contribution >= 4 is 56.3 Å². The molecule has 1 atom stereocenters.